The first-order valence-electron chi connectivity index (χ1n) is 17.8. The van der Waals surface area contributed by atoms with Crippen molar-refractivity contribution in [3.05, 3.63) is 46.8 Å². The van der Waals surface area contributed by atoms with Crippen LogP contribution >= 0.6 is 0 Å². The van der Waals surface area contributed by atoms with Gasteiger partial charge >= 0.3 is 0 Å². The number of carbonyl (C=O) groups is 2. The molecule has 2 aliphatic heterocycles. The van der Waals surface area contributed by atoms with Gasteiger partial charge in [0, 0.05) is 39.3 Å². The van der Waals surface area contributed by atoms with Crippen molar-refractivity contribution in [3.63, 3.8) is 0 Å². The summed E-state index contributed by atoms with van der Waals surface area (Å²) in [4.78, 5) is 51.3. The van der Waals surface area contributed by atoms with E-state index in [1.807, 2.05) is 0 Å². The van der Waals surface area contributed by atoms with Gasteiger partial charge in [0.05, 0.1) is 11.1 Å². The summed E-state index contributed by atoms with van der Waals surface area (Å²) in [5.41, 5.74) is 0.605. The second-order valence-corrected chi connectivity index (χ2v) is 13.2. The Kier molecular flexibility index (Phi) is 17.6. The quantitative estimate of drug-likeness (QED) is 0.0668. The van der Waals surface area contributed by atoms with Crippen molar-refractivity contribution in [3.8, 4) is 0 Å². The highest BCUT2D eigenvalue weighted by Crippen LogP contribution is 2.22. The Morgan fingerprint density at radius 2 is 0.920 bits per heavy atom. The van der Waals surface area contributed by atoms with Crippen molar-refractivity contribution < 1.29 is 49.8 Å². The third kappa shape index (κ3) is 12.0. The molecule has 14 heteroatoms. The zero-order valence-corrected chi connectivity index (χ0v) is 28.7. The topological polar surface area (TPSA) is 220 Å². The van der Waals surface area contributed by atoms with Gasteiger partial charge in [0.1, 0.15) is 59.9 Å². The third-order valence-corrected chi connectivity index (χ3v) is 9.40. The first-order chi connectivity index (χ1) is 24.1. The van der Waals surface area contributed by atoms with Crippen LogP contribution in [0.3, 0.4) is 0 Å². The molecule has 2 amide bonds. The van der Waals surface area contributed by atoms with Gasteiger partial charge in [-0.25, -0.2) is 9.59 Å². The van der Waals surface area contributed by atoms with Crippen LogP contribution in [-0.4, -0.2) is 140 Å². The summed E-state index contributed by atoms with van der Waals surface area (Å²) in [5, 5.41) is 65.0. The summed E-state index contributed by atoms with van der Waals surface area (Å²) in [6.45, 7) is 2.08. The SMILES string of the molecule is O=C=C1[C@H](O)[C@H](O)[C@@H](O)CN1CCCCCCCCNC(=O)c1ccccc1C(=O)NCCCCCCCCN1C[C@H](O)[C@@H](O)[C@@H](O)C1=C=O. The van der Waals surface area contributed by atoms with Crippen LogP contribution in [0.15, 0.2) is 35.7 Å². The molecule has 0 radical (unpaired) electrons. The number of hydrogen-bond acceptors (Lipinski definition) is 12. The second-order valence-electron chi connectivity index (χ2n) is 13.2. The van der Waals surface area contributed by atoms with Crippen molar-refractivity contribution in [2.24, 2.45) is 0 Å². The van der Waals surface area contributed by atoms with Gasteiger partial charge in [-0.2, -0.15) is 0 Å². The maximum atomic E-state index is 12.9. The number of nitrogens with zero attached hydrogens (tertiary/aromatic N) is 2. The van der Waals surface area contributed by atoms with E-state index in [2.05, 4.69) is 10.6 Å². The molecular weight excluding hydrogens is 648 g/mol. The lowest BCUT2D eigenvalue weighted by Gasteiger charge is -2.38. The van der Waals surface area contributed by atoms with Gasteiger partial charge in [0.25, 0.3) is 11.8 Å². The van der Waals surface area contributed by atoms with Crippen LogP contribution in [0.5, 0.6) is 0 Å². The van der Waals surface area contributed by atoms with E-state index < -0.39 is 36.6 Å². The molecule has 6 atom stereocenters. The number of rotatable bonds is 20. The highest BCUT2D eigenvalue weighted by Gasteiger charge is 2.38. The van der Waals surface area contributed by atoms with Gasteiger partial charge in [0.15, 0.2) is 0 Å². The smallest absolute Gasteiger partial charge is 0.252 e. The largest absolute Gasteiger partial charge is 0.388 e. The lowest BCUT2D eigenvalue weighted by Crippen LogP contribution is -2.54. The van der Waals surface area contributed by atoms with Crippen molar-refractivity contribution >= 4 is 23.7 Å². The van der Waals surface area contributed by atoms with Crippen molar-refractivity contribution in [2.45, 2.75) is 114 Å². The average Bonchev–Trinajstić information content (AvgIpc) is 3.11. The van der Waals surface area contributed by atoms with E-state index in [4.69, 9.17) is 0 Å². The summed E-state index contributed by atoms with van der Waals surface area (Å²) in [5.74, 6) is 2.77. The number of aliphatic hydroxyl groups excluding tert-OH is 6. The Morgan fingerprint density at radius 3 is 1.28 bits per heavy atom. The molecule has 0 unspecified atom stereocenters. The molecule has 278 valence electrons. The van der Waals surface area contributed by atoms with Crippen molar-refractivity contribution in [1.82, 2.24) is 20.4 Å². The van der Waals surface area contributed by atoms with E-state index >= 15 is 0 Å². The number of likely N-dealkylation sites (tertiary alicyclic amines) is 2. The zero-order chi connectivity index (χ0) is 36.5. The summed E-state index contributed by atoms with van der Waals surface area (Å²) in [7, 11) is 0. The van der Waals surface area contributed by atoms with E-state index in [-0.39, 0.29) is 36.3 Å². The standard InChI is InChI=1S/C36H54N4O10/c41-23-27-31(45)33(47)29(43)21-39(27)19-13-7-3-1-5-11-17-37-35(49)25-15-9-10-16-26(25)36(50)38-18-12-6-2-4-8-14-20-40-22-30(44)34(48)32(46)28(40)24-42/h9-10,15-16,29-34,43-48H,1-8,11-14,17-22H2,(H,37,49)(H,38,50)/t29-,30-,31-,32-,33+,34+/m0/s1. The molecule has 0 aliphatic carbocycles. The summed E-state index contributed by atoms with van der Waals surface area (Å²) >= 11 is 0. The highest BCUT2D eigenvalue weighted by molar-refractivity contribution is 6.07. The number of unbranched alkanes of at least 4 members (excludes halogenated alkanes) is 10. The molecule has 0 aromatic heterocycles. The van der Waals surface area contributed by atoms with Crippen LogP contribution in [0.25, 0.3) is 0 Å². The zero-order valence-electron chi connectivity index (χ0n) is 28.7. The van der Waals surface area contributed by atoms with Crippen LogP contribution in [0.4, 0.5) is 0 Å². The number of benzene rings is 1. The average molecular weight is 703 g/mol. The molecule has 50 heavy (non-hydrogen) atoms. The molecule has 3 rings (SSSR count). The van der Waals surface area contributed by atoms with E-state index in [0.29, 0.717) is 37.3 Å². The minimum Gasteiger partial charge on any atom is -0.388 e. The first kappa shape index (κ1) is 40.8. The highest BCUT2D eigenvalue weighted by atomic mass is 16.4. The molecule has 1 aromatic rings. The van der Waals surface area contributed by atoms with E-state index in [1.54, 1.807) is 45.9 Å². The molecule has 0 saturated carbocycles. The number of hydrogen-bond donors (Lipinski definition) is 8. The number of aliphatic hydroxyl groups is 6. The molecular formula is C36H54N4O10. The molecule has 1 aromatic carbocycles. The molecule has 2 aliphatic rings. The van der Waals surface area contributed by atoms with Crippen molar-refractivity contribution in [2.75, 3.05) is 39.3 Å². The van der Waals surface area contributed by atoms with Crippen LogP contribution < -0.4 is 10.6 Å². The predicted octanol–water partition coefficient (Wildman–Crippen LogP) is 0.0550. The van der Waals surface area contributed by atoms with Crippen LogP contribution in [0.1, 0.15) is 97.8 Å². The van der Waals surface area contributed by atoms with Gasteiger partial charge in [-0.15, -0.1) is 0 Å². The second kappa shape index (κ2) is 21.6. The van der Waals surface area contributed by atoms with Crippen LogP contribution in [-0.2, 0) is 9.59 Å². The van der Waals surface area contributed by atoms with Gasteiger partial charge in [-0.3, -0.25) is 9.59 Å². The molecule has 2 fully saturated rings. The van der Waals surface area contributed by atoms with E-state index in [9.17, 15) is 49.8 Å². The number of nitrogens with one attached hydrogen (secondary N) is 2. The summed E-state index contributed by atoms with van der Waals surface area (Å²) in [6.07, 6.45) is 2.58. The van der Waals surface area contributed by atoms with Crippen LogP contribution in [0.2, 0.25) is 0 Å². The minimum absolute atomic E-state index is 0.0219. The predicted molar refractivity (Wildman–Crippen MR) is 184 cm³/mol. The number of carbonyl (C=O) groups excluding carboxylic acids is 4. The summed E-state index contributed by atoms with van der Waals surface area (Å²) < 4.78 is 0. The molecule has 2 saturated heterocycles. The Labute approximate surface area is 293 Å². The summed E-state index contributed by atoms with van der Waals surface area (Å²) in [6, 6.07) is 6.72. The molecule has 0 spiro atoms. The fourth-order valence-electron chi connectivity index (χ4n) is 6.40. The Morgan fingerprint density at radius 1 is 0.580 bits per heavy atom. The molecule has 14 nitrogen and oxygen atoms in total. The number of β-amino-alcohol motifs (C(OH)–C–C–N with tert-alkyl or cyclic N) is 2. The molecule has 2 heterocycles. The molecule has 0 bridgehead atoms. The fourth-order valence-corrected chi connectivity index (χ4v) is 6.40. The number of amides is 2. The van der Waals surface area contributed by atoms with Crippen LogP contribution in [0, 0.1) is 0 Å². The van der Waals surface area contributed by atoms with Gasteiger partial charge < -0.3 is 51.1 Å². The normalized spacial score (nSPS) is 23.7. The maximum absolute atomic E-state index is 12.9. The monoisotopic (exact) mass is 702 g/mol. The van der Waals surface area contributed by atoms with Gasteiger partial charge in [-0.1, -0.05) is 63.5 Å². The lowest BCUT2D eigenvalue weighted by molar-refractivity contribution is -0.0862. The Balaban J connectivity index is 1.23. The Bertz CT molecular complexity index is 1230. The third-order valence-electron chi connectivity index (χ3n) is 9.40. The molecule has 8 N–H and O–H groups in total. The van der Waals surface area contributed by atoms with E-state index in [0.717, 1.165) is 77.0 Å². The van der Waals surface area contributed by atoms with E-state index in [1.165, 1.54) is 0 Å². The lowest BCUT2D eigenvalue weighted by atomic mass is 9.98. The minimum atomic E-state index is -1.43. The Hall–Kier alpha value is -3.58. The first-order valence-corrected chi connectivity index (χ1v) is 17.8. The fraction of sp³-hybridized carbons (Fsp3) is 0.667. The number of piperidine rings is 2. The van der Waals surface area contributed by atoms with Crippen molar-refractivity contribution in [1.29, 1.82) is 0 Å². The maximum Gasteiger partial charge on any atom is 0.252 e. The van der Waals surface area contributed by atoms with Gasteiger partial charge in [-0.05, 0) is 37.8 Å². The van der Waals surface area contributed by atoms with Gasteiger partial charge in [0.2, 0.25) is 0 Å².